The summed E-state index contributed by atoms with van der Waals surface area (Å²) in [5.74, 6) is -0.402. The molecule has 1 aromatic rings. The van der Waals surface area contributed by atoms with E-state index in [1.807, 2.05) is 6.07 Å². The molecule has 1 saturated carbocycles. The second-order valence-corrected chi connectivity index (χ2v) is 4.93. The molecule has 1 aliphatic rings. The van der Waals surface area contributed by atoms with Crippen LogP contribution in [-0.2, 0) is 20.8 Å². The Balaban J connectivity index is 1.89. The summed E-state index contributed by atoms with van der Waals surface area (Å²) in [6, 6.07) is 3.60. The van der Waals surface area contributed by atoms with Gasteiger partial charge in [0.25, 0.3) is 0 Å². The van der Waals surface area contributed by atoms with E-state index in [0.29, 0.717) is 30.1 Å². The number of nitrogens with zero attached hydrogens (tertiary/aromatic N) is 1. The average Bonchev–Trinajstić information content (AvgIpc) is 3.27. The Labute approximate surface area is 122 Å². The number of rotatable bonds is 7. The Morgan fingerprint density at radius 2 is 2.35 bits per heavy atom. The van der Waals surface area contributed by atoms with Gasteiger partial charge >= 0.3 is 5.97 Å². The first-order valence-corrected chi connectivity index (χ1v) is 6.79. The Bertz CT molecular complexity index is 484. The van der Waals surface area contributed by atoms with Gasteiger partial charge in [0.05, 0.1) is 19.8 Å². The average molecular weight is 297 g/mol. The van der Waals surface area contributed by atoms with Crippen LogP contribution in [0, 0.1) is 0 Å². The maximum Gasteiger partial charge on any atom is 0.332 e. The molecule has 5 nitrogen and oxygen atoms in total. The number of halogens is 1. The highest BCUT2D eigenvalue weighted by Crippen LogP contribution is 2.23. The lowest BCUT2D eigenvalue weighted by molar-refractivity contribution is -0.134. The number of carbonyl (C=O) groups is 1. The van der Waals surface area contributed by atoms with Crippen molar-refractivity contribution in [1.29, 1.82) is 0 Å². The first-order chi connectivity index (χ1) is 9.67. The Morgan fingerprint density at radius 1 is 1.55 bits per heavy atom. The van der Waals surface area contributed by atoms with Gasteiger partial charge in [0.15, 0.2) is 0 Å². The zero-order valence-electron chi connectivity index (χ0n) is 11.3. The number of aromatic nitrogens is 1. The third kappa shape index (κ3) is 5.19. The minimum absolute atomic E-state index is 0.329. The normalized spacial score (nSPS) is 15.0. The highest BCUT2D eigenvalue weighted by Gasteiger charge is 2.22. The maximum atomic E-state index is 11.3. The van der Waals surface area contributed by atoms with Crippen LogP contribution in [0.25, 0.3) is 0 Å². The summed E-state index contributed by atoms with van der Waals surface area (Å²) >= 11 is 5.73. The van der Waals surface area contributed by atoms with Gasteiger partial charge in [-0.3, -0.25) is 0 Å². The van der Waals surface area contributed by atoms with Crippen LogP contribution < -0.4 is 5.32 Å². The molecule has 20 heavy (non-hydrogen) atoms. The predicted octanol–water partition coefficient (Wildman–Crippen LogP) is 2.06. The van der Waals surface area contributed by atoms with Gasteiger partial charge in [-0.2, -0.15) is 0 Å². The van der Waals surface area contributed by atoms with E-state index < -0.39 is 5.97 Å². The van der Waals surface area contributed by atoms with Crippen molar-refractivity contribution in [3.05, 3.63) is 40.8 Å². The molecule has 0 bridgehead atoms. The van der Waals surface area contributed by atoms with E-state index in [2.05, 4.69) is 15.0 Å². The van der Waals surface area contributed by atoms with E-state index in [9.17, 15) is 4.79 Å². The number of hydrogen-bond donors (Lipinski definition) is 1. The van der Waals surface area contributed by atoms with Crippen LogP contribution in [0.1, 0.15) is 18.4 Å². The molecule has 2 rings (SSSR count). The fraction of sp³-hybridized carbons (Fsp3) is 0.429. The molecule has 0 radical (unpaired) electrons. The largest absolute Gasteiger partial charge is 0.466 e. The van der Waals surface area contributed by atoms with Crippen LogP contribution in [0.15, 0.2) is 30.1 Å². The van der Waals surface area contributed by atoms with Crippen molar-refractivity contribution in [3.63, 3.8) is 0 Å². The Hall–Kier alpha value is -1.59. The van der Waals surface area contributed by atoms with Crippen molar-refractivity contribution < 1.29 is 14.3 Å². The number of ether oxygens (including phenoxy) is 2. The molecule has 108 valence electrons. The van der Waals surface area contributed by atoms with Crippen LogP contribution in [-0.4, -0.2) is 30.8 Å². The molecule has 0 saturated heterocycles. The van der Waals surface area contributed by atoms with E-state index in [4.69, 9.17) is 16.3 Å². The number of pyridine rings is 1. The van der Waals surface area contributed by atoms with Crippen molar-refractivity contribution in [2.75, 3.05) is 13.7 Å². The smallest absolute Gasteiger partial charge is 0.332 e. The van der Waals surface area contributed by atoms with Gasteiger partial charge in [0, 0.05) is 24.5 Å². The number of hydrogen-bond acceptors (Lipinski definition) is 5. The second-order valence-electron chi connectivity index (χ2n) is 4.55. The van der Waals surface area contributed by atoms with Crippen LogP contribution in [0.3, 0.4) is 0 Å². The summed E-state index contributed by atoms with van der Waals surface area (Å²) in [5, 5.41) is 3.61. The van der Waals surface area contributed by atoms with Gasteiger partial charge in [0.1, 0.15) is 5.15 Å². The van der Waals surface area contributed by atoms with E-state index in [0.717, 1.165) is 18.4 Å². The summed E-state index contributed by atoms with van der Waals surface area (Å²) in [4.78, 5) is 15.3. The van der Waals surface area contributed by atoms with Crippen molar-refractivity contribution >= 4 is 17.6 Å². The molecule has 0 amide bonds. The quantitative estimate of drug-likeness (QED) is 0.474. The fourth-order valence-corrected chi connectivity index (χ4v) is 1.63. The monoisotopic (exact) mass is 296 g/mol. The lowest BCUT2D eigenvalue weighted by Crippen LogP contribution is -2.19. The standard InChI is InChI=1S/C14H17ClN2O3/c1-19-14(18)6-11(9-20-12-3-4-12)16-7-10-2-5-13(15)17-8-10/h2,5-6,8,12,16H,3-4,7,9H2,1H3/b11-6+. The molecule has 0 spiro atoms. The topological polar surface area (TPSA) is 60.5 Å². The van der Waals surface area contributed by atoms with Crippen molar-refractivity contribution in [3.8, 4) is 0 Å². The zero-order chi connectivity index (χ0) is 14.4. The van der Waals surface area contributed by atoms with Crippen LogP contribution >= 0.6 is 11.6 Å². The molecule has 1 aromatic heterocycles. The van der Waals surface area contributed by atoms with Gasteiger partial charge in [-0.15, -0.1) is 0 Å². The summed E-state index contributed by atoms with van der Waals surface area (Å²) < 4.78 is 10.2. The molecule has 0 atom stereocenters. The molecule has 0 aromatic carbocycles. The summed E-state index contributed by atoms with van der Waals surface area (Å²) in [5.41, 5.74) is 1.66. The predicted molar refractivity (Wildman–Crippen MR) is 75.2 cm³/mol. The number of methoxy groups -OCH3 is 1. The minimum Gasteiger partial charge on any atom is -0.466 e. The van der Waals surface area contributed by atoms with Gasteiger partial charge < -0.3 is 14.8 Å². The van der Waals surface area contributed by atoms with Gasteiger partial charge in [0.2, 0.25) is 0 Å². The maximum absolute atomic E-state index is 11.3. The first kappa shape index (κ1) is 14.8. The molecule has 1 N–H and O–H groups in total. The molecular formula is C14H17ClN2O3. The van der Waals surface area contributed by atoms with Crippen LogP contribution in [0.5, 0.6) is 0 Å². The molecule has 1 aliphatic carbocycles. The van der Waals surface area contributed by atoms with E-state index in [1.54, 1.807) is 12.3 Å². The highest BCUT2D eigenvalue weighted by molar-refractivity contribution is 6.29. The van der Waals surface area contributed by atoms with Crippen molar-refractivity contribution in [2.45, 2.75) is 25.5 Å². The van der Waals surface area contributed by atoms with E-state index >= 15 is 0 Å². The molecule has 0 unspecified atom stereocenters. The number of nitrogens with one attached hydrogen (secondary N) is 1. The van der Waals surface area contributed by atoms with E-state index in [-0.39, 0.29) is 0 Å². The lowest BCUT2D eigenvalue weighted by Gasteiger charge is -2.11. The first-order valence-electron chi connectivity index (χ1n) is 6.42. The van der Waals surface area contributed by atoms with Gasteiger partial charge in [-0.05, 0) is 24.5 Å². The molecule has 0 aliphatic heterocycles. The summed E-state index contributed by atoms with van der Waals surface area (Å²) in [7, 11) is 1.35. The molecule has 1 fully saturated rings. The van der Waals surface area contributed by atoms with Gasteiger partial charge in [-0.1, -0.05) is 17.7 Å². The molecule has 6 heteroatoms. The SMILES string of the molecule is COC(=O)/C=C(\COC1CC1)NCc1ccc(Cl)nc1. The van der Waals surface area contributed by atoms with Gasteiger partial charge in [-0.25, -0.2) is 9.78 Å². The minimum atomic E-state index is -0.402. The highest BCUT2D eigenvalue weighted by atomic mass is 35.5. The Morgan fingerprint density at radius 3 is 2.95 bits per heavy atom. The van der Waals surface area contributed by atoms with Crippen molar-refractivity contribution in [1.82, 2.24) is 10.3 Å². The van der Waals surface area contributed by atoms with Crippen LogP contribution in [0.2, 0.25) is 5.15 Å². The molecule has 1 heterocycles. The number of esters is 1. The summed E-state index contributed by atoms with van der Waals surface area (Å²) in [6.07, 6.45) is 5.60. The lowest BCUT2D eigenvalue weighted by atomic mass is 10.3. The molecular weight excluding hydrogens is 280 g/mol. The summed E-state index contributed by atoms with van der Waals surface area (Å²) in [6.45, 7) is 0.918. The van der Waals surface area contributed by atoms with Crippen molar-refractivity contribution in [2.24, 2.45) is 0 Å². The van der Waals surface area contributed by atoms with E-state index in [1.165, 1.54) is 13.2 Å². The third-order valence-corrected chi connectivity index (χ3v) is 3.02. The Kier molecular flexibility index (Phi) is 5.38. The third-order valence-electron chi connectivity index (χ3n) is 2.80. The fourth-order valence-electron chi connectivity index (χ4n) is 1.51. The van der Waals surface area contributed by atoms with Crippen LogP contribution in [0.4, 0.5) is 0 Å². The number of carbonyl (C=O) groups excluding carboxylic acids is 1. The second kappa shape index (κ2) is 7.26. The zero-order valence-corrected chi connectivity index (χ0v) is 12.0.